The number of aromatic nitrogens is 3. The topological polar surface area (TPSA) is 95.2 Å². The van der Waals surface area contributed by atoms with E-state index in [0.717, 1.165) is 52.8 Å². The second-order valence-electron chi connectivity index (χ2n) is 15.1. The number of hydrogen-bond acceptors (Lipinski definition) is 7. The van der Waals surface area contributed by atoms with Crippen LogP contribution in [-0.4, -0.2) is 44.5 Å². The second-order valence-corrected chi connectivity index (χ2v) is 15.1. The summed E-state index contributed by atoms with van der Waals surface area (Å²) in [5.74, 6) is 0.756. The van der Waals surface area contributed by atoms with Gasteiger partial charge in [0.15, 0.2) is 11.8 Å². The highest BCUT2D eigenvalue weighted by Gasteiger charge is 2.38. The van der Waals surface area contributed by atoms with Gasteiger partial charge in [0.1, 0.15) is 17.6 Å². The third-order valence-electron chi connectivity index (χ3n) is 10.1. The Morgan fingerprint density at radius 1 is 1.04 bits per heavy atom. The molecule has 0 radical (unpaired) electrons. The number of hydrogen-bond donors (Lipinski definition) is 1. The van der Waals surface area contributed by atoms with Crippen LogP contribution in [-0.2, 0) is 14.3 Å². The van der Waals surface area contributed by atoms with E-state index in [9.17, 15) is 9.90 Å². The summed E-state index contributed by atoms with van der Waals surface area (Å²) in [5, 5.41) is 15.7. The lowest BCUT2D eigenvalue weighted by Gasteiger charge is -2.40. The maximum absolute atomic E-state index is 13.6. The van der Waals surface area contributed by atoms with Gasteiger partial charge in [0.05, 0.1) is 24.1 Å². The van der Waals surface area contributed by atoms with Crippen LogP contribution in [0.25, 0.3) is 39.3 Å². The molecule has 6 rings (SSSR count). The molecule has 2 aromatic heterocycles. The van der Waals surface area contributed by atoms with Crippen LogP contribution in [0.5, 0.6) is 11.5 Å². The van der Waals surface area contributed by atoms with Gasteiger partial charge in [0, 0.05) is 39.4 Å². The van der Waals surface area contributed by atoms with Crippen molar-refractivity contribution in [2.75, 3.05) is 7.11 Å². The van der Waals surface area contributed by atoms with Crippen molar-refractivity contribution in [3.05, 3.63) is 102 Å². The standard InChI is InChI=1S/C43H49N3O5/c1-10-15-27-24-36(43(7,8)11-2)50-35-21-20-30(23-32(27)35)39-38(40(41(48)49-9)51-42(4,5)6)26(3)44-37-25-33(45-46(37)39)29-17-14-16-28(22-29)31-18-12-13-19-34(31)47/h10,12-14,16-23,25,27,36,40,47H,1,11,15,24H2,2-9H3. The van der Waals surface area contributed by atoms with Crippen molar-refractivity contribution in [2.45, 2.75) is 91.5 Å². The Morgan fingerprint density at radius 2 is 1.78 bits per heavy atom. The van der Waals surface area contributed by atoms with Crippen LogP contribution in [0.15, 0.2) is 85.5 Å². The number of ether oxygens (including phenoxy) is 3. The molecule has 5 aromatic rings. The lowest BCUT2D eigenvalue weighted by Crippen LogP contribution is -2.38. The van der Waals surface area contributed by atoms with Crippen LogP contribution in [0.2, 0.25) is 0 Å². The lowest BCUT2D eigenvalue weighted by molar-refractivity contribution is -0.164. The second kappa shape index (κ2) is 14.0. The summed E-state index contributed by atoms with van der Waals surface area (Å²) < 4.78 is 20.3. The molecule has 0 amide bonds. The van der Waals surface area contributed by atoms with Crippen LogP contribution in [0.1, 0.15) is 89.6 Å². The average Bonchev–Trinajstić information content (AvgIpc) is 3.53. The summed E-state index contributed by atoms with van der Waals surface area (Å²) in [6, 6.07) is 23.4. The minimum Gasteiger partial charge on any atom is -0.507 e. The van der Waals surface area contributed by atoms with Crippen LogP contribution in [0, 0.1) is 12.3 Å². The number of rotatable bonds is 10. The van der Waals surface area contributed by atoms with Crippen LogP contribution < -0.4 is 4.74 Å². The molecule has 1 aliphatic rings. The molecular formula is C43H49N3O5. The maximum atomic E-state index is 13.6. The highest BCUT2D eigenvalue weighted by atomic mass is 16.6. The van der Waals surface area contributed by atoms with Crippen molar-refractivity contribution >= 4 is 11.6 Å². The number of carbonyl (C=O) groups excluding carboxylic acids is 1. The predicted octanol–water partition coefficient (Wildman–Crippen LogP) is 10.0. The van der Waals surface area contributed by atoms with Gasteiger partial charge in [-0.05, 0) is 94.3 Å². The van der Waals surface area contributed by atoms with Gasteiger partial charge in [0.25, 0.3) is 0 Å². The molecule has 0 aliphatic carbocycles. The van der Waals surface area contributed by atoms with Crippen molar-refractivity contribution in [3.8, 4) is 45.1 Å². The first-order valence-electron chi connectivity index (χ1n) is 17.7. The molecule has 8 nitrogen and oxygen atoms in total. The fourth-order valence-corrected chi connectivity index (χ4v) is 6.95. The first kappa shape index (κ1) is 35.9. The number of nitrogens with zero attached hydrogens (tertiary/aromatic N) is 3. The average molecular weight is 688 g/mol. The normalized spacial score (nSPS) is 16.7. The number of benzene rings is 3. The molecule has 51 heavy (non-hydrogen) atoms. The van der Waals surface area contributed by atoms with E-state index in [1.165, 1.54) is 7.11 Å². The van der Waals surface area contributed by atoms with E-state index in [0.29, 0.717) is 28.3 Å². The van der Waals surface area contributed by atoms with Gasteiger partial charge in [-0.3, -0.25) is 0 Å². The summed E-state index contributed by atoms with van der Waals surface area (Å²) in [6.45, 7) is 18.5. The molecule has 3 aromatic carbocycles. The number of aromatic hydroxyl groups is 1. The van der Waals surface area contributed by atoms with Crippen molar-refractivity contribution in [3.63, 3.8) is 0 Å². The smallest absolute Gasteiger partial charge is 0.339 e. The minimum atomic E-state index is -1.06. The Bertz CT molecular complexity index is 2090. The number of fused-ring (bicyclic) bond motifs is 2. The zero-order chi connectivity index (χ0) is 36.7. The largest absolute Gasteiger partial charge is 0.507 e. The third-order valence-corrected chi connectivity index (χ3v) is 10.1. The van der Waals surface area contributed by atoms with Crippen LogP contribution >= 0.6 is 0 Å². The van der Waals surface area contributed by atoms with Gasteiger partial charge in [-0.15, -0.1) is 6.58 Å². The van der Waals surface area contributed by atoms with Crippen molar-refractivity contribution in [1.29, 1.82) is 0 Å². The zero-order valence-electron chi connectivity index (χ0n) is 31.0. The van der Waals surface area contributed by atoms with Crippen molar-refractivity contribution in [2.24, 2.45) is 5.41 Å². The molecule has 0 saturated heterocycles. The summed E-state index contributed by atoms with van der Waals surface area (Å²) in [4.78, 5) is 18.5. The number of phenolic OH excluding ortho intramolecular Hbond substituents is 1. The SMILES string of the molecule is C=CCC1CC(C(C)(C)CC)Oc2ccc(-c3c(C(OC(C)(C)C)C(=O)OC)c(C)nc4cc(-c5cccc(-c6ccccc6O)c5)nn34)cc21. The zero-order valence-corrected chi connectivity index (χ0v) is 31.0. The predicted molar refractivity (Wildman–Crippen MR) is 202 cm³/mol. The summed E-state index contributed by atoms with van der Waals surface area (Å²) in [6.07, 6.45) is 3.68. The molecule has 1 aliphatic heterocycles. The van der Waals surface area contributed by atoms with Crippen molar-refractivity contribution < 1.29 is 24.1 Å². The maximum Gasteiger partial charge on any atom is 0.339 e. The Balaban J connectivity index is 1.58. The molecule has 1 N–H and O–H groups in total. The van der Waals surface area contributed by atoms with Gasteiger partial charge in [-0.2, -0.15) is 5.10 Å². The van der Waals surface area contributed by atoms with E-state index >= 15 is 0 Å². The van der Waals surface area contributed by atoms with Gasteiger partial charge in [-0.25, -0.2) is 14.3 Å². The number of allylic oxidation sites excluding steroid dienone is 1. The highest BCUT2D eigenvalue weighted by molar-refractivity contribution is 5.83. The minimum absolute atomic E-state index is 0.0113. The number of carbonyl (C=O) groups is 1. The molecule has 0 spiro atoms. The van der Waals surface area contributed by atoms with Gasteiger partial charge in [0.2, 0.25) is 0 Å². The molecule has 3 atom stereocenters. The molecule has 0 bridgehead atoms. The number of phenols is 1. The first-order chi connectivity index (χ1) is 24.2. The Hall–Kier alpha value is -4.95. The number of methoxy groups -OCH3 is 1. The molecule has 3 heterocycles. The summed E-state index contributed by atoms with van der Waals surface area (Å²) >= 11 is 0. The fourth-order valence-electron chi connectivity index (χ4n) is 6.95. The van der Waals surface area contributed by atoms with Gasteiger partial charge < -0.3 is 19.3 Å². The molecule has 3 unspecified atom stereocenters. The van der Waals surface area contributed by atoms with E-state index < -0.39 is 17.7 Å². The molecular weight excluding hydrogens is 638 g/mol. The van der Waals surface area contributed by atoms with Gasteiger partial charge >= 0.3 is 5.97 Å². The Labute approximate surface area is 301 Å². The summed E-state index contributed by atoms with van der Waals surface area (Å²) in [7, 11) is 1.37. The lowest BCUT2D eigenvalue weighted by atomic mass is 9.75. The quantitative estimate of drug-likeness (QED) is 0.115. The van der Waals surface area contributed by atoms with E-state index in [2.05, 4.69) is 33.4 Å². The molecule has 0 saturated carbocycles. The van der Waals surface area contributed by atoms with Crippen molar-refractivity contribution in [1.82, 2.24) is 14.6 Å². The number of esters is 1. The Kier molecular flexibility index (Phi) is 9.84. The fraction of sp³-hybridized carbons (Fsp3) is 0.372. The van der Waals surface area contributed by atoms with Gasteiger partial charge in [-0.1, -0.05) is 63.2 Å². The van der Waals surface area contributed by atoms with E-state index in [1.54, 1.807) is 12.1 Å². The summed E-state index contributed by atoms with van der Waals surface area (Å²) in [5.41, 5.74) is 6.97. The third kappa shape index (κ3) is 7.15. The monoisotopic (exact) mass is 687 g/mol. The number of aryl methyl sites for hydroxylation is 1. The van der Waals surface area contributed by atoms with E-state index in [4.69, 9.17) is 24.3 Å². The van der Waals surface area contributed by atoms with E-state index in [1.807, 2.05) is 92.9 Å². The van der Waals surface area contributed by atoms with Crippen LogP contribution in [0.4, 0.5) is 0 Å². The molecule has 0 fully saturated rings. The molecule has 266 valence electrons. The van der Waals surface area contributed by atoms with E-state index in [-0.39, 0.29) is 23.2 Å². The first-order valence-corrected chi connectivity index (χ1v) is 17.7. The van der Waals surface area contributed by atoms with Crippen LogP contribution in [0.3, 0.4) is 0 Å². The number of para-hydroxylation sites is 1. The Morgan fingerprint density at radius 3 is 2.47 bits per heavy atom. The highest BCUT2D eigenvalue weighted by Crippen LogP contribution is 2.47. The molecule has 8 heteroatoms.